The first-order chi connectivity index (χ1) is 11.4. The zero-order chi connectivity index (χ0) is 15.2. The summed E-state index contributed by atoms with van der Waals surface area (Å²) in [7, 11) is 0. The average Bonchev–Trinajstić information content (AvgIpc) is 2.99. The molecule has 2 heteroatoms. The van der Waals surface area contributed by atoms with Gasteiger partial charge in [-0.3, -0.25) is 4.98 Å². The Morgan fingerprint density at radius 2 is 1.43 bits per heavy atom. The van der Waals surface area contributed by atoms with Crippen molar-refractivity contribution in [2.75, 3.05) is 0 Å². The lowest BCUT2D eigenvalue weighted by Gasteiger charge is -2.06. The van der Waals surface area contributed by atoms with Crippen molar-refractivity contribution in [2.45, 2.75) is 0 Å². The van der Waals surface area contributed by atoms with Crippen molar-refractivity contribution in [3.05, 3.63) is 79.1 Å². The zero-order valence-electron chi connectivity index (χ0n) is 12.4. The third-order valence-corrected chi connectivity index (χ3v) is 4.36. The summed E-state index contributed by atoms with van der Waals surface area (Å²) in [5.74, 6) is 0. The average molecular weight is 295 g/mol. The summed E-state index contributed by atoms with van der Waals surface area (Å²) in [4.78, 5) is 4.38. The predicted molar refractivity (Wildman–Crippen MR) is 94.5 cm³/mol. The summed E-state index contributed by atoms with van der Waals surface area (Å²) in [5, 5.41) is 4.66. The first-order valence-corrected chi connectivity index (χ1v) is 7.64. The Hall–Kier alpha value is -3.13. The summed E-state index contributed by atoms with van der Waals surface area (Å²) in [5.41, 5.74) is 4.10. The molecule has 0 saturated carbocycles. The number of aromatic nitrogens is 1. The first-order valence-electron chi connectivity index (χ1n) is 7.64. The van der Waals surface area contributed by atoms with Crippen molar-refractivity contribution in [1.29, 1.82) is 0 Å². The number of hydrogen-bond donors (Lipinski definition) is 0. The number of rotatable bonds is 1. The van der Waals surface area contributed by atoms with Crippen LogP contribution in [0.25, 0.3) is 43.8 Å². The van der Waals surface area contributed by atoms with Gasteiger partial charge in [0.2, 0.25) is 0 Å². The molecule has 2 heterocycles. The van der Waals surface area contributed by atoms with Gasteiger partial charge in [0, 0.05) is 34.1 Å². The van der Waals surface area contributed by atoms with Gasteiger partial charge in [-0.2, -0.15) is 0 Å². The van der Waals surface area contributed by atoms with Crippen LogP contribution in [-0.4, -0.2) is 4.98 Å². The van der Waals surface area contributed by atoms with E-state index in [1.54, 1.807) is 0 Å². The van der Waals surface area contributed by atoms with Crippen LogP contribution in [0.15, 0.2) is 83.5 Å². The van der Waals surface area contributed by atoms with Crippen LogP contribution in [0.5, 0.6) is 0 Å². The lowest BCUT2D eigenvalue weighted by molar-refractivity contribution is 0.669. The van der Waals surface area contributed by atoms with Gasteiger partial charge >= 0.3 is 0 Å². The van der Waals surface area contributed by atoms with Crippen molar-refractivity contribution in [3.63, 3.8) is 0 Å². The topological polar surface area (TPSA) is 26.0 Å². The summed E-state index contributed by atoms with van der Waals surface area (Å²) in [6.07, 6.45) is 3.82. The second-order valence-corrected chi connectivity index (χ2v) is 5.72. The van der Waals surface area contributed by atoms with Gasteiger partial charge in [-0.1, -0.05) is 48.5 Å². The van der Waals surface area contributed by atoms with Gasteiger partial charge in [0.25, 0.3) is 0 Å². The van der Waals surface area contributed by atoms with Crippen LogP contribution in [0, 0.1) is 0 Å². The zero-order valence-corrected chi connectivity index (χ0v) is 12.4. The second kappa shape index (κ2) is 4.68. The monoisotopic (exact) mass is 295 g/mol. The molecule has 5 aromatic rings. The number of hydrogen-bond acceptors (Lipinski definition) is 2. The standard InChI is InChI=1S/C21H13NO/c1-2-6-16-15(5-1)12-22-13-19(16)14-9-10-18-17-7-3-4-8-20(17)23-21(18)11-14/h1-13H. The minimum atomic E-state index is 0.914. The number of benzene rings is 3. The Morgan fingerprint density at radius 3 is 2.39 bits per heavy atom. The fraction of sp³-hybridized carbons (Fsp3) is 0. The molecule has 3 aromatic carbocycles. The van der Waals surface area contributed by atoms with Gasteiger partial charge in [0.15, 0.2) is 0 Å². The number of para-hydroxylation sites is 1. The molecule has 0 atom stereocenters. The molecule has 0 N–H and O–H groups in total. The van der Waals surface area contributed by atoms with Crippen molar-refractivity contribution >= 4 is 32.7 Å². The van der Waals surface area contributed by atoms with Crippen LogP contribution in [0.2, 0.25) is 0 Å². The Balaban J connectivity index is 1.81. The van der Waals surface area contributed by atoms with E-state index in [4.69, 9.17) is 4.42 Å². The molecule has 0 amide bonds. The van der Waals surface area contributed by atoms with Gasteiger partial charge in [0.05, 0.1) is 0 Å². The molecule has 0 saturated heterocycles. The van der Waals surface area contributed by atoms with Crippen LogP contribution in [0.1, 0.15) is 0 Å². The van der Waals surface area contributed by atoms with E-state index >= 15 is 0 Å². The van der Waals surface area contributed by atoms with E-state index in [0.717, 1.165) is 38.5 Å². The third-order valence-electron chi connectivity index (χ3n) is 4.36. The van der Waals surface area contributed by atoms with Crippen LogP contribution in [0.3, 0.4) is 0 Å². The summed E-state index contributed by atoms with van der Waals surface area (Å²) in [6.45, 7) is 0. The molecule has 0 fully saturated rings. The van der Waals surface area contributed by atoms with E-state index in [-0.39, 0.29) is 0 Å². The first kappa shape index (κ1) is 12.4. The van der Waals surface area contributed by atoms with Crippen molar-refractivity contribution < 1.29 is 4.42 Å². The fourth-order valence-electron chi connectivity index (χ4n) is 3.24. The lowest BCUT2D eigenvalue weighted by atomic mass is 10.00. The quantitative estimate of drug-likeness (QED) is 0.390. The Bertz CT molecular complexity index is 1160. The highest BCUT2D eigenvalue weighted by Crippen LogP contribution is 2.34. The Labute approximate surface area is 133 Å². The summed E-state index contributed by atoms with van der Waals surface area (Å²) in [6, 6.07) is 22.9. The van der Waals surface area contributed by atoms with E-state index in [0.29, 0.717) is 0 Å². The highest BCUT2D eigenvalue weighted by Gasteiger charge is 2.09. The molecular weight excluding hydrogens is 282 g/mol. The van der Waals surface area contributed by atoms with E-state index in [2.05, 4.69) is 47.4 Å². The minimum Gasteiger partial charge on any atom is -0.456 e. The number of furan rings is 1. The second-order valence-electron chi connectivity index (χ2n) is 5.72. The summed E-state index contributed by atoms with van der Waals surface area (Å²) >= 11 is 0. The SMILES string of the molecule is c1ccc2c(-c3ccc4c(c3)oc3ccccc34)cncc2c1. The molecule has 0 unspecified atom stereocenters. The molecule has 2 nitrogen and oxygen atoms in total. The van der Waals surface area contributed by atoms with Crippen LogP contribution in [0.4, 0.5) is 0 Å². The maximum Gasteiger partial charge on any atom is 0.136 e. The third kappa shape index (κ3) is 1.85. The molecular formula is C21H13NO. The molecule has 0 bridgehead atoms. The largest absolute Gasteiger partial charge is 0.456 e. The van der Waals surface area contributed by atoms with Crippen molar-refractivity contribution in [2.24, 2.45) is 0 Å². The van der Waals surface area contributed by atoms with Crippen LogP contribution in [-0.2, 0) is 0 Å². The number of nitrogens with zero attached hydrogens (tertiary/aromatic N) is 1. The fourth-order valence-corrected chi connectivity index (χ4v) is 3.24. The Kier molecular flexibility index (Phi) is 2.53. The maximum absolute atomic E-state index is 6.01. The molecule has 2 aromatic heterocycles. The molecule has 0 aliphatic heterocycles. The minimum absolute atomic E-state index is 0.914. The van der Waals surface area contributed by atoms with Gasteiger partial charge in [-0.15, -0.1) is 0 Å². The number of fused-ring (bicyclic) bond motifs is 4. The normalized spacial score (nSPS) is 11.5. The molecule has 108 valence electrons. The van der Waals surface area contributed by atoms with Crippen LogP contribution >= 0.6 is 0 Å². The van der Waals surface area contributed by atoms with E-state index < -0.39 is 0 Å². The summed E-state index contributed by atoms with van der Waals surface area (Å²) < 4.78 is 6.01. The van der Waals surface area contributed by atoms with E-state index in [1.807, 2.05) is 36.7 Å². The van der Waals surface area contributed by atoms with Crippen molar-refractivity contribution in [3.8, 4) is 11.1 Å². The molecule has 23 heavy (non-hydrogen) atoms. The predicted octanol–water partition coefficient (Wildman–Crippen LogP) is 5.80. The molecule has 0 radical (unpaired) electrons. The Morgan fingerprint density at radius 1 is 0.652 bits per heavy atom. The highest BCUT2D eigenvalue weighted by atomic mass is 16.3. The van der Waals surface area contributed by atoms with Gasteiger partial charge in [-0.05, 0) is 29.1 Å². The van der Waals surface area contributed by atoms with E-state index in [9.17, 15) is 0 Å². The smallest absolute Gasteiger partial charge is 0.136 e. The lowest BCUT2D eigenvalue weighted by Crippen LogP contribution is -1.83. The van der Waals surface area contributed by atoms with E-state index in [1.165, 1.54) is 5.39 Å². The van der Waals surface area contributed by atoms with Crippen LogP contribution < -0.4 is 0 Å². The number of pyridine rings is 1. The van der Waals surface area contributed by atoms with Gasteiger partial charge in [0.1, 0.15) is 11.2 Å². The van der Waals surface area contributed by atoms with Gasteiger partial charge in [-0.25, -0.2) is 0 Å². The molecule has 0 aliphatic carbocycles. The molecule has 5 rings (SSSR count). The maximum atomic E-state index is 6.01. The highest BCUT2D eigenvalue weighted by molar-refractivity contribution is 6.06. The molecule has 0 spiro atoms. The van der Waals surface area contributed by atoms with Gasteiger partial charge < -0.3 is 4.42 Å². The van der Waals surface area contributed by atoms with Crippen molar-refractivity contribution in [1.82, 2.24) is 4.98 Å². The molecule has 0 aliphatic rings.